The summed E-state index contributed by atoms with van der Waals surface area (Å²) in [5.74, 6) is -0.511. The van der Waals surface area contributed by atoms with Gasteiger partial charge in [-0.2, -0.15) is 5.10 Å². The Morgan fingerprint density at radius 3 is 2.57 bits per heavy atom. The van der Waals surface area contributed by atoms with Crippen LogP contribution in [0.15, 0.2) is 88.4 Å². The standard InChI is InChI=1S/C24H19BrN2O3/c1-17-6-5-9-19(14-17)24(29)27-26-16-20-15-21(25)11-12-22(20)30-23(28)13-10-18-7-3-2-4-8-18/h2-16H,1H3,(H,27,29). The van der Waals surface area contributed by atoms with Crippen molar-refractivity contribution in [2.24, 2.45) is 5.10 Å². The first-order chi connectivity index (χ1) is 14.5. The SMILES string of the molecule is Cc1cccc(C(=O)NN=Cc2cc(Br)ccc2OC(=O)C=Cc2ccccc2)c1. The molecule has 0 unspecified atom stereocenters. The Labute approximate surface area is 183 Å². The molecule has 3 aromatic carbocycles. The molecule has 1 amide bonds. The van der Waals surface area contributed by atoms with Gasteiger partial charge in [0.05, 0.1) is 6.21 Å². The van der Waals surface area contributed by atoms with Gasteiger partial charge in [0, 0.05) is 21.7 Å². The van der Waals surface area contributed by atoms with E-state index in [1.54, 1.807) is 36.4 Å². The number of amides is 1. The van der Waals surface area contributed by atoms with Crippen LogP contribution in [0.3, 0.4) is 0 Å². The van der Waals surface area contributed by atoms with Crippen LogP contribution in [0, 0.1) is 6.92 Å². The Kier molecular flexibility index (Phi) is 7.29. The molecule has 30 heavy (non-hydrogen) atoms. The molecule has 0 bridgehead atoms. The third-order valence-corrected chi connectivity index (χ3v) is 4.54. The van der Waals surface area contributed by atoms with E-state index < -0.39 is 5.97 Å². The lowest BCUT2D eigenvalue weighted by molar-refractivity contribution is -0.128. The highest BCUT2D eigenvalue weighted by Crippen LogP contribution is 2.22. The normalized spacial score (nSPS) is 11.0. The minimum absolute atomic E-state index is 0.325. The molecule has 150 valence electrons. The Morgan fingerprint density at radius 1 is 1.00 bits per heavy atom. The number of carbonyl (C=O) groups is 2. The van der Waals surface area contributed by atoms with Crippen LogP contribution in [0.25, 0.3) is 6.08 Å². The maximum atomic E-state index is 12.2. The lowest BCUT2D eigenvalue weighted by Crippen LogP contribution is -2.17. The molecular formula is C24H19BrN2O3. The number of benzene rings is 3. The van der Waals surface area contributed by atoms with E-state index >= 15 is 0 Å². The molecule has 0 aliphatic rings. The highest BCUT2D eigenvalue weighted by molar-refractivity contribution is 9.10. The summed E-state index contributed by atoms with van der Waals surface area (Å²) >= 11 is 3.39. The van der Waals surface area contributed by atoms with Gasteiger partial charge in [-0.25, -0.2) is 10.2 Å². The summed E-state index contributed by atoms with van der Waals surface area (Å²) in [5.41, 5.74) is 5.41. The van der Waals surface area contributed by atoms with Gasteiger partial charge >= 0.3 is 5.97 Å². The van der Waals surface area contributed by atoms with Gasteiger partial charge in [0.25, 0.3) is 5.91 Å². The second kappa shape index (κ2) is 10.3. The van der Waals surface area contributed by atoms with Gasteiger partial charge in [-0.05, 0) is 48.9 Å². The molecule has 5 nitrogen and oxygen atoms in total. The quantitative estimate of drug-likeness (QED) is 0.181. The number of ether oxygens (including phenoxy) is 1. The molecule has 0 atom stereocenters. The molecule has 0 saturated heterocycles. The lowest BCUT2D eigenvalue weighted by Gasteiger charge is -2.06. The first-order valence-corrected chi connectivity index (χ1v) is 9.95. The van der Waals surface area contributed by atoms with Gasteiger partial charge < -0.3 is 4.74 Å². The Hall–Kier alpha value is -3.51. The highest BCUT2D eigenvalue weighted by atomic mass is 79.9. The van der Waals surface area contributed by atoms with Crippen LogP contribution in [0.2, 0.25) is 0 Å². The summed E-state index contributed by atoms with van der Waals surface area (Å²) < 4.78 is 6.22. The number of carbonyl (C=O) groups excluding carboxylic acids is 2. The molecule has 0 aromatic heterocycles. The maximum absolute atomic E-state index is 12.2. The van der Waals surface area contributed by atoms with Gasteiger partial charge in [0.2, 0.25) is 0 Å². The van der Waals surface area contributed by atoms with Gasteiger partial charge in [-0.3, -0.25) is 4.79 Å². The zero-order valence-electron chi connectivity index (χ0n) is 16.2. The van der Waals surface area contributed by atoms with Crippen molar-refractivity contribution in [3.63, 3.8) is 0 Å². The fourth-order valence-electron chi connectivity index (χ4n) is 2.60. The number of hydrazone groups is 1. The summed E-state index contributed by atoms with van der Waals surface area (Å²) in [5, 5.41) is 4.00. The topological polar surface area (TPSA) is 67.8 Å². The third-order valence-electron chi connectivity index (χ3n) is 4.04. The zero-order valence-corrected chi connectivity index (χ0v) is 17.8. The van der Waals surface area contributed by atoms with Crippen LogP contribution >= 0.6 is 15.9 Å². The summed E-state index contributed by atoms with van der Waals surface area (Å²) in [7, 11) is 0. The first-order valence-electron chi connectivity index (χ1n) is 9.16. The molecule has 1 N–H and O–H groups in total. The van der Waals surface area contributed by atoms with Crippen LogP contribution in [0.1, 0.15) is 27.0 Å². The van der Waals surface area contributed by atoms with Gasteiger partial charge in [-0.15, -0.1) is 0 Å². The Bertz CT molecular complexity index is 1110. The number of nitrogens with zero attached hydrogens (tertiary/aromatic N) is 1. The summed E-state index contributed by atoms with van der Waals surface area (Å²) in [6.45, 7) is 1.91. The molecular weight excluding hydrogens is 444 g/mol. The van der Waals surface area contributed by atoms with Gasteiger partial charge in [0.1, 0.15) is 5.75 Å². The Balaban J connectivity index is 1.68. The number of esters is 1. The second-order valence-corrected chi connectivity index (χ2v) is 7.33. The number of nitrogens with one attached hydrogen (secondary N) is 1. The monoisotopic (exact) mass is 462 g/mol. The second-order valence-electron chi connectivity index (χ2n) is 6.42. The lowest BCUT2D eigenvalue weighted by atomic mass is 10.1. The van der Waals surface area contributed by atoms with Crippen molar-refractivity contribution >= 4 is 40.1 Å². The van der Waals surface area contributed by atoms with E-state index in [-0.39, 0.29) is 5.91 Å². The Morgan fingerprint density at radius 2 is 1.80 bits per heavy atom. The smallest absolute Gasteiger partial charge is 0.336 e. The van der Waals surface area contributed by atoms with E-state index in [0.29, 0.717) is 16.9 Å². The fraction of sp³-hybridized carbons (Fsp3) is 0.0417. The number of aryl methyl sites for hydroxylation is 1. The first kappa shape index (κ1) is 21.2. The van der Waals surface area contributed by atoms with Crippen molar-refractivity contribution in [3.05, 3.63) is 106 Å². The van der Waals surface area contributed by atoms with E-state index in [1.807, 2.05) is 49.4 Å². The predicted molar refractivity (Wildman–Crippen MR) is 121 cm³/mol. The molecule has 3 aromatic rings. The molecule has 0 saturated carbocycles. The fourth-order valence-corrected chi connectivity index (χ4v) is 2.97. The molecule has 3 rings (SSSR count). The summed E-state index contributed by atoms with van der Waals surface area (Å²) in [6.07, 6.45) is 4.47. The average molecular weight is 463 g/mol. The van der Waals surface area contributed by atoms with Crippen molar-refractivity contribution in [3.8, 4) is 5.75 Å². The van der Waals surface area contributed by atoms with Crippen molar-refractivity contribution in [2.75, 3.05) is 0 Å². The third kappa shape index (κ3) is 6.25. The van der Waals surface area contributed by atoms with Crippen molar-refractivity contribution < 1.29 is 14.3 Å². The summed E-state index contributed by atoms with van der Waals surface area (Å²) in [4.78, 5) is 24.4. The average Bonchev–Trinajstić information content (AvgIpc) is 2.75. The van der Waals surface area contributed by atoms with Gasteiger partial charge in [-0.1, -0.05) is 64.0 Å². The van der Waals surface area contributed by atoms with E-state index in [4.69, 9.17) is 4.74 Å². The van der Waals surface area contributed by atoms with Crippen molar-refractivity contribution in [1.29, 1.82) is 0 Å². The molecule has 6 heteroatoms. The molecule has 0 fully saturated rings. The predicted octanol–water partition coefficient (Wildman–Crippen LogP) is 5.14. The van der Waals surface area contributed by atoms with Crippen LogP contribution in [0.4, 0.5) is 0 Å². The van der Waals surface area contributed by atoms with Crippen LogP contribution in [-0.4, -0.2) is 18.1 Å². The number of halogens is 1. The molecule has 0 aliphatic carbocycles. The van der Waals surface area contributed by atoms with Crippen LogP contribution in [-0.2, 0) is 4.79 Å². The number of hydrogen-bond donors (Lipinski definition) is 1. The van der Waals surface area contributed by atoms with Crippen LogP contribution in [0.5, 0.6) is 5.75 Å². The molecule has 0 aliphatic heterocycles. The summed E-state index contributed by atoms with van der Waals surface area (Å²) in [6, 6.07) is 21.8. The maximum Gasteiger partial charge on any atom is 0.336 e. The van der Waals surface area contributed by atoms with E-state index in [9.17, 15) is 9.59 Å². The van der Waals surface area contributed by atoms with Crippen molar-refractivity contribution in [2.45, 2.75) is 6.92 Å². The van der Waals surface area contributed by atoms with E-state index in [2.05, 4.69) is 26.5 Å². The van der Waals surface area contributed by atoms with Crippen molar-refractivity contribution in [1.82, 2.24) is 5.43 Å². The molecule has 0 spiro atoms. The van der Waals surface area contributed by atoms with E-state index in [1.165, 1.54) is 12.3 Å². The van der Waals surface area contributed by atoms with Gasteiger partial charge in [0.15, 0.2) is 0 Å². The van der Waals surface area contributed by atoms with Crippen LogP contribution < -0.4 is 10.2 Å². The number of rotatable bonds is 6. The minimum Gasteiger partial charge on any atom is -0.423 e. The van der Waals surface area contributed by atoms with E-state index in [0.717, 1.165) is 15.6 Å². The molecule has 0 radical (unpaired) electrons. The zero-order chi connectivity index (χ0) is 21.3. The number of hydrogen-bond acceptors (Lipinski definition) is 4. The largest absolute Gasteiger partial charge is 0.423 e. The molecule has 0 heterocycles. The minimum atomic E-state index is -0.514. The highest BCUT2D eigenvalue weighted by Gasteiger charge is 2.08.